The molecule has 1 N–H and O–H groups in total. The maximum atomic E-state index is 12.6. The Balaban J connectivity index is 1.50. The molecule has 6 nitrogen and oxygen atoms in total. The van der Waals surface area contributed by atoms with Crippen molar-refractivity contribution in [2.24, 2.45) is 0 Å². The molecule has 6 heteroatoms. The highest BCUT2D eigenvalue weighted by Gasteiger charge is 2.33. The summed E-state index contributed by atoms with van der Waals surface area (Å²) >= 11 is 0. The van der Waals surface area contributed by atoms with E-state index in [0.717, 1.165) is 24.9 Å². The van der Waals surface area contributed by atoms with Crippen molar-refractivity contribution >= 4 is 11.8 Å². The van der Waals surface area contributed by atoms with Gasteiger partial charge in [0, 0.05) is 26.2 Å². The zero-order chi connectivity index (χ0) is 17.1. The summed E-state index contributed by atoms with van der Waals surface area (Å²) < 4.78 is 0. The van der Waals surface area contributed by atoms with E-state index in [4.69, 9.17) is 0 Å². The van der Waals surface area contributed by atoms with Crippen LogP contribution in [0.15, 0.2) is 24.3 Å². The molecular formula is C18H25N3O3. The summed E-state index contributed by atoms with van der Waals surface area (Å²) in [5.74, 6) is 0.488. The number of phenolic OH excluding ortho intramolecular Hbond substituents is 1. The van der Waals surface area contributed by atoms with Crippen LogP contribution >= 0.6 is 0 Å². The van der Waals surface area contributed by atoms with Gasteiger partial charge in [-0.15, -0.1) is 0 Å². The van der Waals surface area contributed by atoms with Gasteiger partial charge in [-0.05, 0) is 44.1 Å². The molecule has 3 rings (SSSR count). The molecule has 2 aliphatic rings. The first-order chi connectivity index (χ1) is 11.5. The van der Waals surface area contributed by atoms with E-state index in [1.807, 2.05) is 16.8 Å². The number of aromatic hydroxyl groups is 1. The Labute approximate surface area is 142 Å². The fourth-order valence-corrected chi connectivity index (χ4v) is 3.51. The van der Waals surface area contributed by atoms with Crippen LogP contribution < -0.4 is 0 Å². The van der Waals surface area contributed by atoms with E-state index < -0.39 is 0 Å². The van der Waals surface area contributed by atoms with Crippen molar-refractivity contribution in [3.8, 4) is 5.75 Å². The quantitative estimate of drug-likeness (QED) is 0.886. The summed E-state index contributed by atoms with van der Waals surface area (Å²) in [4.78, 5) is 30.8. The number of carbonyl (C=O) groups excluding carboxylic acids is 2. The number of carbonyl (C=O) groups is 2. The van der Waals surface area contributed by atoms with E-state index in [1.54, 1.807) is 24.3 Å². The molecular weight excluding hydrogens is 306 g/mol. The van der Waals surface area contributed by atoms with E-state index >= 15 is 0 Å². The Morgan fingerprint density at radius 1 is 1.04 bits per heavy atom. The molecule has 2 fully saturated rings. The molecule has 0 saturated carbocycles. The molecule has 0 aromatic heterocycles. The lowest BCUT2D eigenvalue weighted by atomic mass is 10.1. The van der Waals surface area contributed by atoms with Gasteiger partial charge in [-0.25, -0.2) is 0 Å². The largest absolute Gasteiger partial charge is 0.508 e. The Morgan fingerprint density at radius 2 is 1.67 bits per heavy atom. The number of benzene rings is 1. The van der Waals surface area contributed by atoms with E-state index in [2.05, 4.69) is 4.90 Å². The van der Waals surface area contributed by atoms with Crippen LogP contribution in [0.2, 0.25) is 0 Å². The number of piperazine rings is 1. The van der Waals surface area contributed by atoms with Crippen molar-refractivity contribution < 1.29 is 14.7 Å². The van der Waals surface area contributed by atoms with Crippen LogP contribution in [0.5, 0.6) is 5.75 Å². The molecule has 2 aliphatic heterocycles. The van der Waals surface area contributed by atoms with Gasteiger partial charge in [0.15, 0.2) is 0 Å². The second kappa shape index (κ2) is 7.21. The number of likely N-dealkylation sites (tertiary alicyclic amines) is 1. The SMILES string of the molecule is CN1CCCC1C(=O)N1CCN(C(=O)Cc2ccc(O)cc2)CC1. The zero-order valence-corrected chi connectivity index (χ0v) is 14.1. The summed E-state index contributed by atoms with van der Waals surface area (Å²) in [5, 5.41) is 9.29. The van der Waals surface area contributed by atoms with Gasteiger partial charge in [0.05, 0.1) is 12.5 Å². The normalized spacial score (nSPS) is 22.0. The molecule has 0 bridgehead atoms. The van der Waals surface area contributed by atoms with Gasteiger partial charge in [-0.2, -0.15) is 0 Å². The predicted octanol–water partition coefficient (Wildman–Crippen LogP) is 0.700. The summed E-state index contributed by atoms with van der Waals surface area (Å²) in [5.41, 5.74) is 0.892. The molecule has 2 saturated heterocycles. The van der Waals surface area contributed by atoms with Gasteiger partial charge >= 0.3 is 0 Å². The average Bonchev–Trinajstić information content (AvgIpc) is 3.02. The molecule has 1 aromatic carbocycles. The van der Waals surface area contributed by atoms with Crippen molar-refractivity contribution in [3.05, 3.63) is 29.8 Å². The van der Waals surface area contributed by atoms with E-state index in [0.29, 0.717) is 32.6 Å². The fraction of sp³-hybridized carbons (Fsp3) is 0.556. The average molecular weight is 331 g/mol. The fourth-order valence-electron chi connectivity index (χ4n) is 3.51. The number of nitrogens with zero attached hydrogens (tertiary/aromatic N) is 3. The lowest BCUT2D eigenvalue weighted by Crippen LogP contribution is -2.54. The van der Waals surface area contributed by atoms with Gasteiger partial charge in [-0.1, -0.05) is 12.1 Å². The summed E-state index contributed by atoms with van der Waals surface area (Å²) in [6.07, 6.45) is 2.35. The third-order valence-electron chi connectivity index (χ3n) is 5.04. The lowest BCUT2D eigenvalue weighted by Gasteiger charge is -2.37. The van der Waals surface area contributed by atoms with Gasteiger partial charge in [0.25, 0.3) is 0 Å². The third kappa shape index (κ3) is 3.70. The Hall–Kier alpha value is -2.08. The minimum Gasteiger partial charge on any atom is -0.508 e. The van der Waals surface area contributed by atoms with Crippen molar-refractivity contribution in [3.63, 3.8) is 0 Å². The molecule has 1 unspecified atom stereocenters. The highest BCUT2D eigenvalue weighted by molar-refractivity contribution is 5.83. The van der Waals surface area contributed by atoms with Crippen LogP contribution in [0.4, 0.5) is 0 Å². The minimum absolute atomic E-state index is 0.0178. The van der Waals surface area contributed by atoms with Gasteiger partial charge in [0.1, 0.15) is 5.75 Å². The topological polar surface area (TPSA) is 64.1 Å². The monoisotopic (exact) mass is 331 g/mol. The second-order valence-electron chi connectivity index (χ2n) is 6.69. The first-order valence-corrected chi connectivity index (χ1v) is 8.59. The zero-order valence-electron chi connectivity index (χ0n) is 14.1. The Bertz CT molecular complexity index is 594. The molecule has 1 aromatic rings. The van der Waals surface area contributed by atoms with Crippen LogP contribution in [0, 0.1) is 0 Å². The van der Waals surface area contributed by atoms with Crippen LogP contribution in [0.1, 0.15) is 18.4 Å². The number of hydrogen-bond acceptors (Lipinski definition) is 4. The van der Waals surface area contributed by atoms with E-state index in [-0.39, 0.29) is 23.6 Å². The number of hydrogen-bond donors (Lipinski definition) is 1. The Morgan fingerprint density at radius 3 is 2.25 bits per heavy atom. The van der Waals surface area contributed by atoms with Crippen molar-refractivity contribution in [2.45, 2.75) is 25.3 Å². The van der Waals surface area contributed by atoms with E-state index in [9.17, 15) is 14.7 Å². The second-order valence-corrected chi connectivity index (χ2v) is 6.69. The maximum absolute atomic E-state index is 12.6. The molecule has 0 radical (unpaired) electrons. The number of rotatable bonds is 3. The van der Waals surface area contributed by atoms with Crippen molar-refractivity contribution in [1.82, 2.24) is 14.7 Å². The summed E-state index contributed by atoms with van der Waals surface area (Å²) in [6, 6.07) is 6.74. The number of likely N-dealkylation sites (N-methyl/N-ethyl adjacent to an activating group) is 1. The van der Waals surface area contributed by atoms with Crippen LogP contribution in [0.25, 0.3) is 0 Å². The molecule has 24 heavy (non-hydrogen) atoms. The van der Waals surface area contributed by atoms with Crippen LogP contribution in [-0.4, -0.2) is 77.4 Å². The summed E-state index contributed by atoms with van der Waals surface area (Å²) in [7, 11) is 2.01. The molecule has 130 valence electrons. The third-order valence-corrected chi connectivity index (χ3v) is 5.04. The minimum atomic E-state index is 0.0178. The van der Waals surface area contributed by atoms with Gasteiger partial charge in [0.2, 0.25) is 11.8 Å². The van der Waals surface area contributed by atoms with Gasteiger partial charge < -0.3 is 14.9 Å². The van der Waals surface area contributed by atoms with Crippen molar-refractivity contribution in [2.75, 3.05) is 39.8 Å². The first-order valence-electron chi connectivity index (χ1n) is 8.59. The van der Waals surface area contributed by atoms with E-state index in [1.165, 1.54) is 0 Å². The first kappa shape index (κ1) is 16.8. The molecule has 2 amide bonds. The predicted molar refractivity (Wildman–Crippen MR) is 90.6 cm³/mol. The number of phenols is 1. The molecule has 0 aliphatic carbocycles. The van der Waals surface area contributed by atoms with Crippen LogP contribution in [-0.2, 0) is 16.0 Å². The number of amides is 2. The highest BCUT2D eigenvalue weighted by Crippen LogP contribution is 2.18. The standard InChI is InChI=1S/C18H25N3O3/c1-19-8-2-3-16(19)18(24)21-11-9-20(10-12-21)17(23)13-14-4-6-15(22)7-5-14/h4-7,16,22H,2-3,8-13H2,1H3. The smallest absolute Gasteiger partial charge is 0.240 e. The van der Waals surface area contributed by atoms with Gasteiger partial charge in [-0.3, -0.25) is 14.5 Å². The van der Waals surface area contributed by atoms with Crippen molar-refractivity contribution in [1.29, 1.82) is 0 Å². The molecule has 0 spiro atoms. The molecule has 2 heterocycles. The molecule has 1 atom stereocenters. The highest BCUT2D eigenvalue weighted by atomic mass is 16.3. The van der Waals surface area contributed by atoms with Crippen LogP contribution in [0.3, 0.4) is 0 Å². The Kier molecular flexibility index (Phi) is 5.04. The summed E-state index contributed by atoms with van der Waals surface area (Å²) in [6.45, 7) is 3.41. The maximum Gasteiger partial charge on any atom is 0.240 e. The lowest BCUT2D eigenvalue weighted by molar-refractivity contribution is -0.141.